The molecule has 1 aromatic rings. The average molecular weight is 257 g/mol. The van der Waals surface area contributed by atoms with Crippen LogP contribution >= 0.6 is 0 Å². The Bertz CT molecular complexity index is 443. The predicted molar refractivity (Wildman–Crippen MR) is 67.3 cm³/mol. The molecular weight excluding hydrogens is 238 g/mol. The number of hydrogen-bond acceptors (Lipinski definition) is 3. The molecule has 0 atom stereocenters. The van der Waals surface area contributed by atoms with Gasteiger partial charge >= 0.3 is 0 Å². The van der Waals surface area contributed by atoms with Crippen molar-refractivity contribution in [2.24, 2.45) is 0 Å². The lowest BCUT2D eigenvalue weighted by molar-refractivity contribution is 0.134. The van der Waals surface area contributed by atoms with E-state index in [2.05, 4.69) is 4.72 Å². The minimum Gasteiger partial charge on any atom is -0.377 e. The second-order valence-corrected chi connectivity index (χ2v) is 5.45. The van der Waals surface area contributed by atoms with Gasteiger partial charge in [0.15, 0.2) is 0 Å². The summed E-state index contributed by atoms with van der Waals surface area (Å²) in [6.45, 7) is 5.34. The number of sulfonamides is 1. The molecule has 0 radical (unpaired) electrons. The molecule has 0 aliphatic rings. The molecule has 0 amide bonds. The van der Waals surface area contributed by atoms with E-state index in [4.69, 9.17) is 4.74 Å². The molecule has 0 saturated heterocycles. The zero-order valence-corrected chi connectivity index (χ0v) is 11.1. The van der Waals surface area contributed by atoms with Gasteiger partial charge in [-0.3, -0.25) is 0 Å². The number of benzene rings is 1. The Morgan fingerprint density at radius 3 is 2.71 bits per heavy atom. The first-order chi connectivity index (χ1) is 8.10. The zero-order chi connectivity index (χ0) is 12.7. The van der Waals surface area contributed by atoms with Crippen LogP contribution in [-0.4, -0.2) is 21.6 Å². The lowest BCUT2D eigenvalue weighted by Gasteiger charge is -2.07. The fourth-order valence-corrected chi connectivity index (χ4v) is 2.55. The predicted octanol–water partition coefficient (Wildman–Crippen LogP) is 1.91. The van der Waals surface area contributed by atoms with Crippen molar-refractivity contribution in [3.05, 3.63) is 29.8 Å². The summed E-state index contributed by atoms with van der Waals surface area (Å²) in [6.07, 6.45) is 0.776. The van der Waals surface area contributed by atoms with Gasteiger partial charge in [0, 0.05) is 13.2 Å². The molecule has 0 bridgehead atoms. The summed E-state index contributed by atoms with van der Waals surface area (Å²) in [7, 11) is -3.38. The number of rotatable bonds is 7. The Morgan fingerprint density at radius 2 is 2.06 bits per heavy atom. The summed E-state index contributed by atoms with van der Waals surface area (Å²) in [6, 6.07) is 6.82. The van der Waals surface area contributed by atoms with E-state index in [0.717, 1.165) is 12.0 Å². The zero-order valence-electron chi connectivity index (χ0n) is 10.3. The molecule has 4 nitrogen and oxygen atoms in total. The van der Waals surface area contributed by atoms with E-state index in [1.165, 1.54) is 0 Å². The first-order valence-electron chi connectivity index (χ1n) is 5.76. The molecule has 96 valence electrons. The summed E-state index contributed by atoms with van der Waals surface area (Å²) < 4.78 is 31.5. The van der Waals surface area contributed by atoms with Crippen LogP contribution < -0.4 is 4.72 Å². The Balaban J connectivity index is 2.83. The van der Waals surface area contributed by atoms with Gasteiger partial charge in [-0.25, -0.2) is 13.1 Å². The Hall–Kier alpha value is -0.910. The molecule has 0 saturated carbocycles. The smallest absolute Gasteiger partial charge is 0.240 e. The van der Waals surface area contributed by atoms with Crippen molar-refractivity contribution in [1.82, 2.24) is 4.72 Å². The first-order valence-corrected chi connectivity index (χ1v) is 7.24. The highest BCUT2D eigenvalue weighted by Gasteiger charge is 2.12. The molecule has 0 fully saturated rings. The van der Waals surface area contributed by atoms with Crippen LogP contribution in [-0.2, 0) is 21.4 Å². The summed E-state index contributed by atoms with van der Waals surface area (Å²) in [4.78, 5) is 0.295. The van der Waals surface area contributed by atoms with Crippen molar-refractivity contribution >= 4 is 10.0 Å². The highest BCUT2D eigenvalue weighted by molar-refractivity contribution is 7.89. The van der Waals surface area contributed by atoms with E-state index in [9.17, 15) is 8.42 Å². The quantitative estimate of drug-likeness (QED) is 0.812. The molecule has 0 aliphatic heterocycles. The minimum atomic E-state index is -3.38. The maximum absolute atomic E-state index is 11.9. The van der Waals surface area contributed by atoms with E-state index < -0.39 is 10.0 Å². The third-order valence-electron chi connectivity index (χ3n) is 2.22. The fourth-order valence-electron chi connectivity index (χ4n) is 1.34. The fraction of sp³-hybridized carbons (Fsp3) is 0.500. The van der Waals surface area contributed by atoms with E-state index in [1.807, 2.05) is 19.9 Å². The lowest BCUT2D eigenvalue weighted by Crippen LogP contribution is -2.24. The van der Waals surface area contributed by atoms with Crippen molar-refractivity contribution in [2.45, 2.75) is 31.8 Å². The molecule has 0 spiro atoms. The Labute approximate surface area is 103 Å². The molecule has 5 heteroatoms. The van der Waals surface area contributed by atoms with Gasteiger partial charge in [-0.2, -0.15) is 0 Å². The van der Waals surface area contributed by atoms with Gasteiger partial charge in [-0.1, -0.05) is 19.1 Å². The van der Waals surface area contributed by atoms with Crippen LogP contribution in [0.5, 0.6) is 0 Å². The third-order valence-corrected chi connectivity index (χ3v) is 3.68. The van der Waals surface area contributed by atoms with Gasteiger partial charge in [-0.05, 0) is 31.0 Å². The molecule has 0 aliphatic carbocycles. The Kier molecular flexibility index (Phi) is 5.61. The van der Waals surface area contributed by atoms with Crippen LogP contribution in [0.4, 0.5) is 0 Å². The van der Waals surface area contributed by atoms with Crippen LogP contribution in [0.1, 0.15) is 25.8 Å². The molecule has 0 aromatic heterocycles. The van der Waals surface area contributed by atoms with Gasteiger partial charge in [0.2, 0.25) is 10.0 Å². The molecule has 0 heterocycles. The Morgan fingerprint density at radius 1 is 1.29 bits per heavy atom. The van der Waals surface area contributed by atoms with E-state index in [0.29, 0.717) is 24.7 Å². The number of hydrogen-bond donors (Lipinski definition) is 1. The monoisotopic (exact) mass is 257 g/mol. The highest BCUT2D eigenvalue weighted by Crippen LogP contribution is 2.12. The maximum atomic E-state index is 11.9. The van der Waals surface area contributed by atoms with Gasteiger partial charge in [-0.15, -0.1) is 0 Å². The molecule has 0 unspecified atom stereocenters. The molecule has 1 rings (SSSR count). The average Bonchev–Trinajstić information content (AvgIpc) is 2.34. The van der Waals surface area contributed by atoms with Crippen molar-refractivity contribution in [2.75, 3.05) is 13.2 Å². The van der Waals surface area contributed by atoms with Crippen LogP contribution in [0, 0.1) is 0 Å². The van der Waals surface area contributed by atoms with Crippen molar-refractivity contribution in [1.29, 1.82) is 0 Å². The van der Waals surface area contributed by atoms with Crippen LogP contribution in [0.2, 0.25) is 0 Å². The normalized spacial score (nSPS) is 11.6. The van der Waals surface area contributed by atoms with Crippen molar-refractivity contribution < 1.29 is 13.2 Å². The van der Waals surface area contributed by atoms with Crippen LogP contribution in [0.25, 0.3) is 0 Å². The van der Waals surface area contributed by atoms with Gasteiger partial charge in [0.25, 0.3) is 0 Å². The largest absolute Gasteiger partial charge is 0.377 e. The summed E-state index contributed by atoms with van der Waals surface area (Å²) in [5, 5.41) is 0. The van der Waals surface area contributed by atoms with Crippen LogP contribution in [0.15, 0.2) is 29.2 Å². The SMILES string of the molecule is CCCNS(=O)(=O)c1cccc(COCC)c1. The number of nitrogens with one attached hydrogen (secondary N) is 1. The summed E-state index contributed by atoms with van der Waals surface area (Å²) in [5.41, 5.74) is 0.867. The lowest BCUT2D eigenvalue weighted by atomic mass is 10.2. The summed E-state index contributed by atoms with van der Waals surface area (Å²) >= 11 is 0. The van der Waals surface area contributed by atoms with Gasteiger partial charge < -0.3 is 4.74 Å². The van der Waals surface area contributed by atoms with Crippen molar-refractivity contribution in [3.63, 3.8) is 0 Å². The van der Waals surface area contributed by atoms with Crippen molar-refractivity contribution in [3.8, 4) is 0 Å². The van der Waals surface area contributed by atoms with Gasteiger partial charge in [0.05, 0.1) is 11.5 Å². The maximum Gasteiger partial charge on any atom is 0.240 e. The standard InChI is InChI=1S/C12H19NO3S/c1-3-8-13-17(14,15)12-7-5-6-11(9-12)10-16-4-2/h5-7,9,13H,3-4,8,10H2,1-2H3. The first kappa shape index (κ1) is 14.2. The van der Waals surface area contributed by atoms with Gasteiger partial charge in [0.1, 0.15) is 0 Å². The number of ether oxygens (including phenoxy) is 1. The van der Waals surface area contributed by atoms with E-state index in [-0.39, 0.29) is 0 Å². The second kappa shape index (κ2) is 6.74. The molecule has 1 N–H and O–H groups in total. The summed E-state index contributed by atoms with van der Waals surface area (Å²) in [5.74, 6) is 0. The second-order valence-electron chi connectivity index (χ2n) is 3.68. The topological polar surface area (TPSA) is 55.4 Å². The van der Waals surface area contributed by atoms with E-state index in [1.54, 1.807) is 18.2 Å². The highest BCUT2D eigenvalue weighted by atomic mass is 32.2. The molecule has 17 heavy (non-hydrogen) atoms. The third kappa shape index (κ3) is 4.46. The van der Waals surface area contributed by atoms with Crippen LogP contribution in [0.3, 0.4) is 0 Å². The minimum absolute atomic E-state index is 0.295. The molecular formula is C12H19NO3S. The van der Waals surface area contributed by atoms with E-state index >= 15 is 0 Å². The molecule has 1 aromatic carbocycles.